The van der Waals surface area contributed by atoms with E-state index in [9.17, 15) is 9.59 Å². The van der Waals surface area contributed by atoms with E-state index in [1.807, 2.05) is 0 Å². The van der Waals surface area contributed by atoms with Crippen LogP contribution in [0.1, 0.15) is 34.9 Å². The number of carbonyl (C=O) groups is 2. The molecule has 3 heterocycles. The van der Waals surface area contributed by atoms with Crippen molar-refractivity contribution in [1.29, 1.82) is 0 Å². The number of carbonyl (C=O) groups excluding carboxylic acids is 2. The molecule has 6 nitrogen and oxygen atoms in total. The predicted octanol–water partition coefficient (Wildman–Crippen LogP) is 2.56. The van der Waals surface area contributed by atoms with Crippen LogP contribution < -0.4 is 10.2 Å². The van der Waals surface area contributed by atoms with Gasteiger partial charge in [-0.2, -0.15) is 12.6 Å². The Balaban J connectivity index is 1.21. The summed E-state index contributed by atoms with van der Waals surface area (Å²) in [6, 6.07) is 16.9. The van der Waals surface area contributed by atoms with Crippen molar-refractivity contribution in [3.63, 3.8) is 0 Å². The molecule has 2 aromatic rings. The van der Waals surface area contributed by atoms with Gasteiger partial charge in [-0.05, 0) is 35.2 Å². The van der Waals surface area contributed by atoms with E-state index in [2.05, 4.69) is 68.5 Å². The maximum absolute atomic E-state index is 12.3. The summed E-state index contributed by atoms with van der Waals surface area (Å²) in [7, 11) is 0. The van der Waals surface area contributed by atoms with Gasteiger partial charge in [0, 0.05) is 51.4 Å². The number of amides is 2. The maximum atomic E-state index is 12.3. The fourth-order valence-electron chi connectivity index (χ4n) is 4.95. The Bertz CT molecular complexity index is 975. The van der Waals surface area contributed by atoms with Crippen LogP contribution in [0.4, 0.5) is 5.69 Å². The number of imide groups is 1. The van der Waals surface area contributed by atoms with Gasteiger partial charge < -0.3 is 4.90 Å². The minimum Gasteiger partial charge on any atom is -0.369 e. The standard InChI is InChI=1S/C24H28N4O2S/c29-22-9-8-21(23(30)25-22)28-16-18-14-17(6-7-20(18)24(28)31)15-26-10-12-27(13-11-26)19-4-2-1-3-5-19/h1-7,14,21,24,31H,8-13,15-16H2,(H,25,29,30). The highest BCUT2D eigenvalue weighted by atomic mass is 32.1. The number of rotatable bonds is 4. The number of anilines is 1. The summed E-state index contributed by atoms with van der Waals surface area (Å²) >= 11 is 4.79. The molecule has 2 amide bonds. The number of nitrogens with one attached hydrogen (secondary N) is 1. The maximum Gasteiger partial charge on any atom is 0.243 e. The fourth-order valence-corrected chi connectivity index (χ4v) is 5.44. The molecule has 2 fully saturated rings. The van der Waals surface area contributed by atoms with Crippen LogP contribution in [0.3, 0.4) is 0 Å². The van der Waals surface area contributed by atoms with E-state index in [0.717, 1.165) is 32.7 Å². The molecule has 2 unspecified atom stereocenters. The van der Waals surface area contributed by atoms with E-state index in [0.29, 0.717) is 19.4 Å². The molecule has 3 aliphatic rings. The molecule has 0 saturated carbocycles. The van der Waals surface area contributed by atoms with E-state index < -0.39 is 0 Å². The molecule has 0 aromatic heterocycles. The van der Waals surface area contributed by atoms with Crippen molar-refractivity contribution in [1.82, 2.24) is 15.1 Å². The SMILES string of the molecule is O=C1CCC(N2Cc3cc(CN4CCN(c5ccccc5)CC4)ccc3C2S)C(=O)N1. The van der Waals surface area contributed by atoms with E-state index >= 15 is 0 Å². The van der Waals surface area contributed by atoms with Crippen LogP contribution >= 0.6 is 12.6 Å². The lowest BCUT2D eigenvalue weighted by Gasteiger charge is -2.36. The Hall–Kier alpha value is -2.35. The Morgan fingerprint density at radius 3 is 2.52 bits per heavy atom. The van der Waals surface area contributed by atoms with Crippen molar-refractivity contribution in [3.8, 4) is 0 Å². The van der Waals surface area contributed by atoms with E-state index in [-0.39, 0.29) is 23.2 Å². The summed E-state index contributed by atoms with van der Waals surface area (Å²) in [5.74, 6) is -0.372. The van der Waals surface area contributed by atoms with Gasteiger partial charge in [-0.3, -0.25) is 24.7 Å². The number of piperidine rings is 1. The lowest BCUT2D eigenvalue weighted by molar-refractivity contribution is -0.137. The van der Waals surface area contributed by atoms with Gasteiger partial charge in [-0.15, -0.1) is 0 Å². The first kappa shape index (κ1) is 20.5. The van der Waals surface area contributed by atoms with Gasteiger partial charge in [0.15, 0.2) is 0 Å². The first-order chi connectivity index (χ1) is 15.1. The van der Waals surface area contributed by atoms with Crippen LogP contribution in [0.25, 0.3) is 0 Å². The zero-order valence-electron chi connectivity index (χ0n) is 17.5. The second-order valence-corrected chi connectivity index (χ2v) is 9.13. The first-order valence-electron chi connectivity index (χ1n) is 11.0. The molecule has 2 atom stereocenters. The number of piperazine rings is 1. The number of nitrogens with zero attached hydrogens (tertiary/aromatic N) is 3. The van der Waals surface area contributed by atoms with Gasteiger partial charge in [0.05, 0.1) is 11.4 Å². The van der Waals surface area contributed by atoms with Gasteiger partial charge in [0.1, 0.15) is 0 Å². The van der Waals surface area contributed by atoms with Crippen LogP contribution in [0, 0.1) is 0 Å². The molecule has 1 N–H and O–H groups in total. The number of hydrogen-bond donors (Lipinski definition) is 2. The fraction of sp³-hybridized carbons (Fsp3) is 0.417. The summed E-state index contributed by atoms with van der Waals surface area (Å²) in [5.41, 5.74) is 5.02. The quantitative estimate of drug-likeness (QED) is 0.570. The van der Waals surface area contributed by atoms with Crippen molar-refractivity contribution < 1.29 is 9.59 Å². The molecular formula is C24H28N4O2S. The summed E-state index contributed by atoms with van der Waals surface area (Å²) in [6.45, 7) is 5.80. The molecule has 162 valence electrons. The molecule has 7 heteroatoms. The molecule has 0 radical (unpaired) electrons. The highest BCUT2D eigenvalue weighted by molar-refractivity contribution is 7.80. The monoisotopic (exact) mass is 436 g/mol. The summed E-state index contributed by atoms with van der Waals surface area (Å²) in [6.07, 6.45) is 0.957. The molecule has 2 aromatic carbocycles. The van der Waals surface area contributed by atoms with E-state index in [4.69, 9.17) is 12.6 Å². The van der Waals surface area contributed by atoms with Crippen LogP contribution in [0.5, 0.6) is 0 Å². The van der Waals surface area contributed by atoms with E-state index in [1.54, 1.807) is 0 Å². The van der Waals surface area contributed by atoms with Crippen LogP contribution in [-0.4, -0.2) is 53.8 Å². The van der Waals surface area contributed by atoms with Crippen molar-refractivity contribution >= 4 is 30.1 Å². The van der Waals surface area contributed by atoms with Gasteiger partial charge in [-0.25, -0.2) is 0 Å². The first-order valence-corrected chi connectivity index (χ1v) is 11.5. The van der Waals surface area contributed by atoms with E-state index in [1.165, 1.54) is 22.4 Å². The van der Waals surface area contributed by atoms with Crippen molar-refractivity contribution in [3.05, 3.63) is 65.2 Å². The average molecular weight is 437 g/mol. The van der Waals surface area contributed by atoms with Crippen LogP contribution in [0.2, 0.25) is 0 Å². The van der Waals surface area contributed by atoms with Gasteiger partial charge >= 0.3 is 0 Å². The second kappa shape index (κ2) is 8.65. The molecule has 5 rings (SSSR count). The topological polar surface area (TPSA) is 55.9 Å². The molecule has 0 bridgehead atoms. The van der Waals surface area contributed by atoms with Crippen molar-refractivity contribution in [2.75, 3.05) is 31.1 Å². The highest BCUT2D eigenvalue weighted by Crippen LogP contribution is 2.39. The third-order valence-corrected chi connectivity index (χ3v) is 7.24. The minimum absolute atomic E-state index is 0.109. The normalized spacial score (nSPS) is 24.9. The lowest BCUT2D eigenvalue weighted by atomic mass is 10.0. The van der Waals surface area contributed by atoms with Crippen molar-refractivity contribution in [2.45, 2.75) is 37.3 Å². The molecule has 0 aliphatic carbocycles. The smallest absolute Gasteiger partial charge is 0.243 e. The second-order valence-electron chi connectivity index (χ2n) is 8.64. The third kappa shape index (κ3) is 4.22. The Morgan fingerprint density at radius 1 is 1.00 bits per heavy atom. The van der Waals surface area contributed by atoms with Gasteiger partial charge in [-0.1, -0.05) is 36.4 Å². The number of fused-ring (bicyclic) bond motifs is 1. The molecular weight excluding hydrogens is 408 g/mol. The molecule has 3 aliphatic heterocycles. The summed E-state index contributed by atoms with van der Waals surface area (Å²) in [4.78, 5) is 30.9. The van der Waals surface area contributed by atoms with Crippen LogP contribution in [-0.2, 0) is 22.7 Å². The summed E-state index contributed by atoms with van der Waals surface area (Å²) in [5, 5.41) is 2.36. The minimum atomic E-state index is -0.290. The third-order valence-electron chi connectivity index (χ3n) is 6.66. The lowest BCUT2D eigenvalue weighted by Crippen LogP contribution is -2.51. The molecule has 2 saturated heterocycles. The molecule has 0 spiro atoms. The number of thiol groups is 1. The number of hydrogen-bond acceptors (Lipinski definition) is 6. The predicted molar refractivity (Wildman–Crippen MR) is 124 cm³/mol. The number of para-hydroxylation sites is 1. The summed E-state index contributed by atoms with van der Waals surface area (Å²) < 4.78 is 0. The van der Waals surface area contributed by atoms with Crippen LogP contribution in [0.15, 0.2) is 48.5 Å². The Labute approximate surface area is 188 Å². The van der Waals surface area contributed by atoms with Crippen molar-refractivity contribution in [2.24, 2.45) is 0 Å². The van der Waals surface area contributed by atoms with Gasteiger partial charge in [0.25, 0.3) is 0 Å². The van der Waals surface area contributed by atoms with Gasteiger partial charge in [0.2, 0.25) is 11.8 Å². The zero-order chi connectivity index (χ0) is 21.4. The highest BCUT2D eigenvalue weighted by Gasteiger charge is 2.39. The zero-order valence-corrected chi connectivity index (χ0v) is 18.4. The largest absolute Gasteiger partial charge is 0.369 e. The molecule has 31 heavy (non-hydrogen) atoms. The Kier molecular flexibility index (Phi) is 5.73. The Morgan fingerprint density at radius 2 is 1.77 bits per heavy atom. The number of benzene rings is 2. The average Bonchev–Trinajstić information content (AvgIpc) is 3.10.